The van der Waals surface area contributed by atoms with Gasteiger partial charge in [0.2, 0.25) is 5.91 Å². The van der Waals surface area contributed by atoms with Crippen molar-refractivity contribution in [2.45, 2.75) is 77.6 Å². The van der Waals surface area contributed by atoms with Crippen molar-refractivity contribution < 1.29 is 19.1 Å². The molecule has 7 nitrogen and oxygen atoms in total. The Morgan fingerprint density at radius 3 is 2.11 bits per heavy atom. The highest BCUT2D eigenvalue weighted by Gasteiger charge is 2.36. The number of nitrogens with zero attached hydrogens (tertiary/aromatic N) is 1. The van der Waals surface area contributed by atoms with Gasteiger partial charge in [-0.3, -0.25) is 14.5 Å². The summed E-state index contributed by atoms with van der Waals surface area (Å²) >= 11 is 0. The molecule has 0 fully saturated rings. The van der Waals surface area contributed by atoms with Crippen molar-refractivity contribution >= 4 is 17.9 Å². The second-order valence-electron chi connectivity index (χ2n) is 9.74. The molecule has 2 rings (SSSR count). The molecule has 2 N–H and O–H groups in total. The first-order valence-corrected chi connectivity index (χ1v) is 12.2. The quantitative estimate of drug-likeness (QED) is 0.376. The molecule has 192 valence electrons. The van der Waals surface area contributed by atoms with Crippen LogP contribution >= 0.6 is 0 Å². The summed E-state index contributed by atoms with van der Waals surface area (Å²) < 4.78 is 5.39. The first-order valence-electron chi connectivity index (χ1n) is 12.2. The number of terminal acetylenes is 1. The van der Waals surface area contributed by atoms with Gasteiger partial charge in [0.15, 0.2) is 0 Å². The number of benzene rings is 2. The topological polar surface area (TPSA) is 87.7 Å². The molecule has 0 bridgehead atoms. The van der Waals surface area contributed by atoms with Gasteiger partial charge in [0, 0.05) is 18.5 Å². The van der Waals surface area contributed by atoms with Crippen molar-refractivity contribution in [1.29, 1.82) is 0 Å². The predicted molar refractivity (Wildman–Crippen MR) is 141 cm³/mol. The summed E-state index contributed by atoms with van der Waals surface area (Å²) in [6, 6.07) is 18.3. The maximum Gasteiger partial charge on any atom is 0.408 e. The van der Waals surface area contributed by atoms with Gasteiger partial charge in [-0.25, -0.2) is 4.79 Å². The Kier molecular flexibility index (Phi) is 10.5. The van der Waals surface area contributed by atoms with Crippen LogP contribution in [0.2, 0.25) is 0 Å². The minimum absolute atomic E-state index is 0.0940. The van der Waals surface area contributed by atoms with Gasteiger partial charge in [-0.1, -0.05) is 80.4 Å². The van der Waals surface area contributed by atoms with E-state index in [0.29, 0.717) is 5.56 Å². The third kappa shape index (κ3) is 8.77. The van der Waals surface area contributed by atoms with Gasteiger partial charge >= 0.3 is 6.09 Å². The highest BCUT2D eigenvalue weighted by atomic mass is 16.6. The zero-order chi connectivity index (χ0) is 26.7. The zero-order valence-corrected chi connectivity index (χ0v) is 21.8. The van der Waals surface area contributed by atoms with Crippen LogP contribution in [0.5, 0.6) is 0 Å². The first-order chi connectivity index (χ1) is 17.1. The zero-order valence-electron chi connectivity index (χ0n) is 21.8. The summed E-state index contributed by atoms with van der Waals surface area (Å²) in [6.07, 6.45) is 6.95. The minimum atomic E-state index is -1.07. The van der Waals surface area contributed by atoms with Crippen LogP contribution in [0.3, 0.4) is 0 Å². The van der Waals surface area contributed by atoms with Crippen LogP contribution in [0.25, 0.3) is 0 Å². The molecule has 3 amide bonds. The van der Waals surface area contributed by atoms with E-state index in [0.717, 1.165) is 23.3 Å². The molecule has 7 heteroatoms. The smallest absolute Gasteiger partial charge is 0.408 e. The third-order valence-corrected chi connectivity index (χ3v) is 5.38. The van der Waals surface area contributed by atoms with Crippen LogP contribution < -0.4 is 10.6 Å². The highest BCUT2D eigenvalue weighted by molar-refractivity contribution is 5.93. The van der Waals surface area contributed by atoms with Crippen LogP contribution in [-0.4, -0.2) is 40.5 Å². The SMILES string of the molecule is C#CN(C(=O)C(Cc1ccccc1)NC(=O)OC(C)(C)C)C(C(=O)NC(C)CCC)c1ccccc1. The Morgan fingerprint density at radius 2 is 1.58 bits per heavy atom. The maximum atomic E-state index is 13.8. The summed E-state index contributed by atoms with van der Waals surface area (Å²) in [5.41, 5.74) is 0.639. The fraction of sp³-hybridized carbons (Fsp3) is 0.414. The molecule has 0 saturated carbocycles. The molecule has 36 heavy (non-hydrogen) atoms. The van der Waals surface area contributed by atoms with Gasteiger partial charge < -0.3 is 15.4 Å². The van der Waals surface area contributed by atoms with Gasteiger partial charge in [-0.05, 0) is 45.2 Å². The summed E-state index contributed by atoms with van der Waals surface area (Å²) in [7, 11) is 0. The van der Waals surface area contributed by atoms with E-state index >= 15 is 0 Å². The van der Waals surface area contributed by atoms with Gasteiger partial charge in [0.25, 0.3) is 5.91 Å². The van der Waals surface area contributed by atoms with E-state index < -0.39 is 29.7 Å². The third-order valence-electron chi connectivity index (χ3n) is 5.38. The van der Waals surface area contributed by atoms with E-state index in [-0.39, 0.29) is 18.4 Å². The minimum Gasteiger partial charge on any atom is -0.444 e. The lowest BCUT2D eigenvalue weighted by molar-refractivity contribution is -0.138. The lowest BCUT2D eigenvalue weighted by atomic mass is 10.0. The Labute approximate surface area is 214 Å². The standard InChI is InChI=1S/C29H37N3O4/c1-7-15-21(3)30-26(33)25(23-18-13-10-14-19-23)32(8-2)27(34)24(20-22-16-11-9-12-17-22)31-28(35)36-29(4,5)6/h2,9-14,16-19,21,24-25H,7,15,20H2,1,3-6H3,(H,30,33)(H,31,35). The number of amides is 3. The van der Waals surface area contributed by atoms with Crippen LogP contribution in [-0.2, 0) is 20.7 Å². The first kappa shape index (κ1) is 28.4. The van der Waals surface area contributed by atoms with Gasteiger partial charge in [-0.2, -0.15) is 0 Å². The van der Waals surface area contributed by atoms with Gasteiger partial charge in [-0.15, -0.1) is 0 Å². The Bertz CT molecular complexity index is 1040. The second-order valence-corrected chi connectivity index (χ2v) is 9.74. The number of ether oxygens (including phenoxy) is 1. The number of carbonyl (C=O) groups is 3. The molecule has 0 heterocycles. The number of rotatable bonds is 10. The normalized spacial score (nSPS) is 13.4. The number of nitrogens with one attached hydrogen (secondary N) is 2. The van der Waals surface area contributed by atoms with Crippen LogP contribution in [0.15, 0.2) is 60.7 Å². The molecule has 0 aliphatic heterocycles. The molecule has 0 spiro atoms. The molecule has 0 saturated heterocycles. The van der Waals surface area contributed by atoms with Crippen molar-refractivity contribution in [2.75, 3.05) is 0 Å². The van der Waals surface area contributed by atoms with E-state index in [1.54, 1.807) is 45.0 Å². The number of alkyl carbamates (subject to hydrolysis) is 1. The van der Waals surface area contributed by atoms with Crippen molar-refractivity contribution in [3.63, 3.8) is 0 Å². The number of hydrogen-bond donors (Lipinski definition) is 2. The molecule has 0 aliphatic rings. The molecular weight excluding hydrogens is 454 g/mol. The Balaban J connectivity index is 2.43. The van der Waals surface area contributed by atoms with Crippen LogP contribution in [0.4, 0.5) is 4.79 Å². The largest absolute Gasteiger partial charge is 0.444 e. The van der Waals surface area contributed by atoms with E-state index in [1.807, 2.05) is 50.2 Å². The summed E-state index contributed by atoms with van der Waals surface area (Å²) in [5, 5.41) is 5.63. The highest BCUT2D eigenvalue weighted by Crippen LogP contribution is 2.23. The fourth-order valence-corrected chi connectivity index (χ4v) is 3.81. The summed E-state index contributed by atoms with van der Waals surface area (Å²) in [6.45, 7) is 9.16. The van der Waals surface area contributed by atoms with Crippen molar-refractivity contribution in [3.8, 4) is 12.5 Å². The van der Waals surface area contributed by atoms with Gasteiger partial charge in [0.1, 0.15) is 17.7 Å². The van der Waals surface area contributed by atoms with E-state index in [2.05, 4.69) is 16.7 Å². The Hall–Kier alpha value is -3.79. The number of hydrogen-bond acceptors (Lipinski definition) is 4. The van der Waals surface area contributed by atoms with Crippen molar-refractivity contribution in [2.24, 2.45) is 0 Å². The summed E-state index contributed by atoms with van der Waals surface area (Å²) in [5.74, 6) is -0.969. The molecule has 0 aliphatic carbocycles. The van der Waals surface area contributed by atoms with Crippen molar-refractivity contribution in [1.82, 2.24) is 15.5 Å². The lowest BCUT2D eigenvalue weighted by Gasteiger charge is -2.31. The Morgan fingerprint density at radius 1 is 1.00 bits per heavy atom. The fourth-order valence-electron chi connectivity index (χ4n) is 3.81. The second kappa shape index (κ2) is 13.3. The predicted octanol–water partition coefficient (Wildman–Crippen LogP) is 4.59. The monoisotopic (exact) mass is 491 g/mol. The lowest BCUT2D eigenvalue weighted by Crippen LogP contribution is -2.52. The molecule has 3 atom stereocenters. The molecule has 0 radical (unpaired) electrons. The van der Waals surface area contributed by atoms with E-state index in [9.17, 15) is 14.4 Å². The van der Waals surface area contributed by atoms with Gasteiger partial charge in [0.05, 0.1) is 0 Å². The van der Waals surface area contributed by atoms with E-state index in [1.165, 1.54) is 0 Å². The molecule has 2 aromatic carbocycles. The number of carbonyl (C=O) groups excluding carboxylic acids is 3. The van der Waals surface area contributed by atoms with E-state index in [4.69, 9.17) is 11.2 Å². The van der Waals surface area contributed by atoms with Crippen LogP contribution in [0, 0.1) is 12.5 Å². The molecular formula is C29H37N3O4. The maximum absolute atomic E-state index is 13.8. The van der Waals surface area contributed by atoms with Crippen LogP contribution in [0.1, 0.15) is 64.6 Å². The average molecular weight is 492 g/mol. The average Bonchev–Trinajstić information content (AvgIpc) is 2.81. The summed E-state index contributed by atoms with van der Waals surface area (Å²) in [4.78, 5) is 41.0. The molecule has 2 aromatic rings. The molecule has 3 unspecified atom stereocenters. The molecule has 0 aromatic heterocycles. The van der Waals surface area contributed by atoms with Crippen molar-refractivity contribution in [3.05, 3.63) is 71.8 Å².